The van der Waals surface area contributed by atoms with Crippen LogP contribution in [0.1, 0.15) is 24.5 Å². The van der Waals surface area contributed by atoms with Crippen molar-refractivity contribution in [2.45, 2.75) is 44.7 Å². The zero-order chi connectivity index (χ0) is 22.1. The molecule has 0 bridgehead atoms. The van der Waals surface area contributed by atoms with Gasteiger partial charge in [0.25, 0.3) is 0 Å². The van der Waals surface area contributed by atoms with E-state index in [1.165, 1.54) is 6.92 Å². The Balaban J connectivity index is 1.63. The van der Waals surface area contributed by atoms with Gasteiger partial charge in [0.05, 0.1) is 12.6 Å². The van der Waals surface area contributed by atoms with Crippen molar-refractivity contribution in [2.24, 2.45) is 0 Å². The molecule has 0 radical (unpaired) electrons. The second-order valence-electron chi connectivity index (χ2n) is 7.20. The van der Waals surface area contributed by atoms with E-state index in [9.17, 15) is 14.4 Å². The van der Waals surface area contributed by atoms with Crippen LogP contribution in [0.25, 0.3) is 0 Å². The number of amides is 2. The average Bonchev–Trinajstić information content (AvgIpc) is 3.19. The summed E-state index contributed by atoms with van der Waals surface area (Å²) in [5.41, 5.74) is 1.72. The van der Waals surface area contributed by atoms with Crippen LogP contribution in [0, 0.1) is 0 Å². The summed E-state index contributed by atoms with van der Waals surface area (Å²) in [5, 5.41) is 5.47. The Morgan fingerprint density at radius 1 is 1.03 bits per heavy atom. The molecule has 2 N–H and O–H groups in total. The average molecular weight is 426 g/mol. The summed E-state index contributed by atoms with van der Waals surface area (Å²) < 4.78 is 15.7. The van der Waals surface area contributed by atoms with Crippen LogP contribution >= 0.6 is 0 Å². The van der Waals surface area contributed by atoms with Crippen molar-refractivity contribution in [3.63, 3.8) is 0 Å². The summed E-state index contributed by atoms with van der Waals surface area (Å²) in [6.07, 6.45) is -0.762. The van der Waals surface area contributed by atoms with Crippen molar-refractivity contribution < 1.29 is 28.6 Å². The number of nitrogens with one attached hydrogen (secondary N) is 2. The maximum Gasteiger partial charge on any atom is 0.408 e. The number of alkyl carbamates (subject to hydrolysis) is 1. The molecule has 8 nitrogen and oxygen atoms in total. The van der Waals surface area contributed by atoms with Gasteiger partial charge in [0.1, 0.15) is 12.6 Å². The van der Waals surface area contributed by atoms with Crippen LogP contribution in [0.5, 0.6) is 0 Å². The molecule has 8 heteroatoms. The molecule has 2 aromatic carbocycles. The monoisotopic (exact) mass is 426 g/mol. The zero-order valence-electron chi connectivity index (χ0n) is 17.3. The third kappa shape index (κ3) is 7.11. The van der Waals surface area contributed by atoms with E-state index in [1.807, 2.05) is 60.7 Å². The normalized spacial score (nSPS) is 18.6. The SMILES string of the molecule is CC(=O)O[C@@H]1OCC[C@@H]1NC(=O)[C@H](Cc1ccccc1)NC(=O)OCc1ccccc1. The van der Waals surface area contributed by atoms with Crippen LogP contribution in [0.15, 0.2) is 60.7 Å². The molecular weight excluding hydrogens is 400 g/mol. The quantitative estimate of drug-likeness (QED) is 0.628. The van der Waals surface area contributed by atoms with E-state index in [0.29, 0.717) is 13.0 Å². The van der Waals surface area contributed by atoms with Gasteiger partial charge in [0, 0.05) is 13.3 Å². The first-order valence-electron chi connectivity index (χ1n) is 10.1. The summed E-state index contributed by atoms with van der Waals surface area (Å²) in [4.78, 5) is 36.6. The number of carbonyl (C=O) groups excluding carboxylic acids is 3. The molecule has 31 heavy (non-hydrogen) atoms. The Bertz CT molecular complexity index is 874. The fraction of sp³-hybridized carbons (Fsp3) is 0.348. The molecule has 1 fully saturated rings. The molecule has 1 aliphatic heterocycles. The number of rotatable bonds is 8. The number of benzene rings is 2. The zero-order valence-corrected chi connectivity index (χ0v) is 17.3. The lowest BCUT2D eigenvalue weighted by atomic mass is 10.0. The number of carbonyl (C=O) groups is 3. The van der Waals surface area contributed by atoms with Gasteiger partial charge in [0.2, 0.25) is 12.2 Å². The largest absolute Gasteiger partial charge is 0.445 e. The van der Waals surface area contributed by atoms with E-state index in [1.54, 1.807) is 0 Å². The second kappa shape index (κ2) is 11.1. The van der Waals surface area contributed by atoms with Gasteiger partial charge in [-0.15, -0.1) is 0 Å². The minimum absolute atomic E-state index is 0.0946. The summed E-state index contributed by atoms with van der Waals surface area (Å²) in [6, 6.07) is 17.2. The van der Waals surface area contributed by atoms with Crippen molar-refractivity contribution in [3.8, 4) is 0 Å². The van der Waals surface area contributed by atoms with Crippen molar-refractivity contribution in [1.29, 1.82) is 0 Å². The van der Waals surface area contributed by atoms with Gasteiger partial charge in [-0.25, -0.2) is 4.79 Å². The molecule has 1 aliphatic rings. The van der Waals surface area contributed by atoms with Crippen LogP contribution in [-0.2, 0) is 36.8 Å². The van der Waals surface area contributed by atoms with Crippen molar-refractivity contribution in [3.05, 3.63) is 71.8 Å². The van der Waals surface area contributed by atoms with E-state index in [0.717, 1.165) is 11.1 Å². The van der Waals surface area contributed by atoms with Crippen LogP contribution in [0.4, 0.5) is 4.79 Å². The predicted octanol–water partition coefficient (Wildman–Crippen LogP) is 2.32. The predicted molar refractivity (Wildman–Crippen MR) is 112 cm³/mol. The molecule has 0 aromatic heterocycles. The van der Waals surface area contributed by atoms with Gasteiger partial charge in [-0.1, -0.05) is 60.7 Å². The summed E-state index contributed by atoms with van der Waals surface area (Å²) in [5.74, 6) is -0.900. The van der Waals surface area contributed by atoms with Crippen LogP contribution in [-0.4, -0.2) is 43.0 Å². The lowest BCUT2D eigenvalue weighted by Crippen LogP contribution is -2.52. The highest BCUT2D eigenvalue weighted by atomic mass is 16.7. The van der Waals surface area contributed by atoms with Crippen LogP contribution < -0.4 is 10.6 Å². The standard InChI is InChI=1S/C23H26N2O6/c1-16(26)31-22-19(12-13-29-22)24-21(27)20(14-17-8-4-2-5-9-17)25-23(28)30-15-18-10-6-3-7-11-18/h2-11,19-20,22H,12-15H2,1H3,(H,24,27)(H,25,28)/t19-,20-,22-/m0/s1. The Morgan fingerprint density at radius 2 is 1.68 bits per heavy atom. The number of esters is 1. The summed E-state index contributed by atoms with van der Waals surface area (Å²) >= 11 is 0. The van der Waals surface area contributed by atoms with Crippen molar-refractivity contribution in [1.82, 2.24) is 10.6 Å². The molecular formula is C23H26N2O6. The first kappa shape index (κ1) is 22.3. The Hall–Kier alpha value is -3.39. The molecule has 0 aliphatic carbocycles. The topological polar surface area (TPSA) is 103 Å². The van der Waals surface area contributed by atoms with Crippen molar-refractivity contribution >= 4 is 18.0 Å². The fourth-order valence-electron chi connectivity index (χ4n) is 3.23. The van der Waals surface area contributed by atoms with E-state index < -0.39 is 36.3 Å². The van der Waals surface area contributed by atoms with E-state index in [-0.39, 0.29) is 13.0 Å². The molecule has 0 unspecified atom stereocenters. The minimum Gasteiger partial charge on any atom is -0.445 e. The van der Waals surface area contributed by atoms with Gasteiger partial charge < -0.3 is 24.8 Å². The van der Waals surface area contributed by atoms with E-state index in [4.69, 9.17) is 14.2 Å². The highest BCUT2D eigenvalue weighted by molar-refractivity contribution is 5.86. The highest BCUT2D eigenvalue weighted by Crippen LogP contribution is 2.16. The third-order valence-corrected chi connectivity index (χ3v) is 4.75. The Kier molecular flexibility index (Phi) is 8.00. The van der Waals surface area contributed by atoms with Gasteiger partial charge in [-0.3, -0.25) is 9.59 Å². The highest BCUT2D eigenvalue weighted by Gasteiger charge is 2.34. The molecule has 0 spiro atoms. The lowest BCUT2D eigenvalue weighted by molar-refractivity contribution is -0.170. The molecule has 0 saturated carbocycles. The molecule has 2 amide bonds. The minimum atomic E-state index is -0.871. The maximum atomic E-state index is 13.0. The first-order chi connectivity index (χ1) is 15.0. The molecule has 1 saturated heterocycles. The Morgan fingerprint density at radius 3 is 2.32 bits per heavy atom. The number of ether oxygens (including phenoxy) is 3. The third-order valence-electron chi connectivity index (χ3n) is 4.75. The number of hydrogen-bond donors (Lipinski definition) is 2. The summed E-state index contributed by atoms with van der Waals surface area (Å²) in [7, 11) is 0. The molecule has 2 aromatic rings. The molecule has 1 heterocycles. The molecule has 164 valence electrons. The van der Waals surface area contributed by atoms with Crippen LogP contribution in [0.2, 0.25) is 0 Å². The lowest BCUT2D eigenvalue weighted by Gasteiger charge is -2.23. The fourth-order valence-corrected chi connectivity index (χ4v) is 3.23. The van der Waals surface area contributed by atoms with Gasteiger partial charge in [0.15, 0.2) is 0 Å². The van der Waals surface area contributed by atoms with E-state index in [2.05, 4.69) is 10.6 Å². The van der Waals surface area contributed by atoms with E-state index >= 15 is 0 Å². The van der Waals surface area contributed by atoms with Crippen LogP contribution in [0.3, 0.4) is 0 Å². The Labute approximate surface area is 180 Å². The second-order valence-corrected chi connectivity index (χ2v) is 7.20. The van der Waals surface area contributed by atoms with Gasteiger partial charge in [-0.05, 0) is 17.5 Å². The number of hydrogen-bond acceptors (Lipinski definition) is 6. The van der Waals surface area contributed by atoms with Gasteiger partial charge >= 0.3 is 12.1 Å². The summed E-state index contributed by atoms with van der Waals surface area (Å²) in [6.45, 7) is 1.74. The first-order valence-corrected chi connectivity index (χ1v) is 10.1. The smallest absolute Gasteiger partial charge is 0.408 e. The van der Waals surface area contributed by atoms with Gasteiger partial charge in [-0.2, -0.15) is 0 Å². The molecule has 3 atom stereocenters. The van der Waals surface area contributed by atoms with Crippen molar-refractivity contribution in [2.75, 3.05) is 6.61 Å². The maximum absolute atomic E-state index is 13.0. The molecule has 3 rings (SSSR count).